The van der Waals surface area contributed by atoms with Gasteiger partial charge < -0.3 is 14.8 Å². The van der Waals surface area contributed by atoms with E-state index in [-0.39, 0.29) is 0 Å². The summed E-state index contributed by atoms with van der Waals surface area (Å²) in [6.45, 7) is 0.838. The van der Waals surface area contributed by atoms with Crippen LogP contribution in [-0.4, -0.2) is 26.4 Å². The molecule has 0 aliphatic rings. The molecule has 4 nitrogen and oxygen atoms in total. The topological polar surface area (TPSA) is 47.6 Å². The molecule has 0 aliphatic heterocycles. The molecule has 0 saturated heterocycles. The molecule has 0 unspecified atom stereocenters. The van der Waals surface area contributed by atoms with Gasteiger partial charge in [0.1, 0.15) is 12.4 Å². The Kier molecular flexibility index (Phi) is 4.34. The summed E-state index contributed by atoms with van der Waals surface area (Å²) in [7, 11) is 1.32. The van der Waals surface area contributed by atoms with Crippen LogP contribution < -0.4 is 10.1 Å². The van der Waals surface area contributed by atoms with E-state index in [2.05, 4.69) is 16.1 Å². The zero-order valence-electron chi connectivity index (χ0n) is 7.95. The van der Waals surface area contributed by atoms with Crippen molar-refractivity contribution < 1.29 is 14.3 Å². The molecule has 0 atom stereocenters. The van der Waals surface area contributed by atoms with Gasteiger partial charge in [-0.25, -0.2) is 4.79 Å². The lowest BCUT2D eigenvalue weighted by Crippen LogP contribution is -2.27. The van der Waals surface area contributed by atoms with E-state index in [1.807, 2.05) is 0 Å². The van der Waals surface area contributed by atoms with Crippen LogP contribution in [0.1, 0.15) is 0 Å². The van der Waals surface area contributed by atoms with Crippen LogP contribution in [0, 0.1) is 6.07 Å². The fourth-order valence-corrected chi connectivity index (χ4v) is 0.862. The van der Waals surface area contributed by atoms with Crippen LogP contribution >= 0.6 is 0 Å². The molecule has 0 bridgehead atoms. The molecule has 0 spiro atoms. The van der Waals surface area contributed by atoms with Crippen molar-refractivity contribution in [1.82, 2.24) is 5.32 Å². The maximum absolute atomic E-state index is 10.6. The Morgan fingerprint density at radius 1 is 1.50 bits per heavy atom. The second-order valence-electron chi connectivity index (χ2n) is 2.50. The quantitative estimate of drug-likeness (QED) is 0.733. The molecule has 4 heteroatoms. The molecule has 1 N–H and O–H groups in total. The van der Waals surface area contributed by atoms with Gasteiger partial charge in [0.25, 0.3) is 0 Å². The average Bonchev–Trinajstić information content (AvgIpc) is 2.25. The number of amides is 1. The van der Waals surface area contributed by atoms with E-state index in [9.17, 15) is 4.79 Å². The fraction of sp³-hybridized carbons (Fsp3) is 0.300. The lowest BCUT2D eigenvalue weighted by Gasteiger charge is -2.06. The number of carbonyl (C=O) groups excluding carboxylic acids is 1. The number of hydrogen-bond donors (Lipinski definition) is 1. The number of carbonyl (C=O) groups is 1. The van der Waals surface area contributed by atoms with E-state index in [0.717, 1.165) is 5.75 Å². The van der Waals surface area contributed by atoms with Gasteiger partial charge in [-0.2, -0.15) is 0 Å². The smallest absolute Gasteiger partial charge is 0.406 e. The third-order valence-electron chi connectivity index (χ3n) is 1.51. The standard InChI is InChI=1S/C10H12NO3/c1-13-10(12)11-7-8-14-9-5-3-2-4-6-9/h3-6H,7-8H2,1H3,(H,11,12). The first-order valence-corrected chi connectivity index (χ1v) is 4.23. The molecular weight excluding hydrogens is 182 g/mol. The molecule has 1 aromatic carbocycles. The zero-order valence-corrected chi connectivity index (χ0v) is 7.95. The molecule has 0 aromatic heterocycles. The van der Waals surface area contributed by atoms with E-state index < -0.39 is 6.09 Å². The summed E-state index contributed by atoms with van der Waals surface area (Å²) in [5.74, 6) is 0.760. The highest BCUT2D eigenvalue weighted by atomic mass is 16.5. The van der Waals surface area contributed by atoms with E-state index >= 15 is 0 Å². The molecule has 1 aromatic rings. The minimum absolute atomic E-state index is 0.416. The number of rotatable bonds is 4. The summed E-state index contributed by atoms with van der Waals surface area (Å²) in [5.41, 5.74) is 0. The SMILES string of the molecule is COC(=O)NCCOc1cc[c]cc1. The Morgan fingerprint density at radius 2 is 2.21 bits per heavy atom. The van der Waals surface area contributed by atoms with Gasteiger partial charge in [-0.1, -0.05) is 12.1 Å². The van der Waals surface area contributed by atoms with Crippen LogP contribution in [0.25, 0.3) is 0 Å². The first-order chi connectivity index (χ1) is 6.83. The third kappa shape index (κ3) is 3.80. The fourth-order valence-electron chi connectivity index (χ4n) is 0.862. The van der Waals surface area contributed by atoms with Crippen molar-refractivity contribution in [3.8, 4) is 5.75 Å². The van der Waals surface area contributed by atoms with Crippen LogP contribution in [0.3, 0.4) is 0 Å². The molecular formula is C10H12NO3. The molecule has 0 saturated carbocycles. The highest BCUT2D eigenvalue weighted by Gasteiger charge is 1.96. The molecule has 1 amide bonds. The maximum Gasteiger partial charge on any atom is 0.406 e. The van der Waals surface area contributed by atoms with Gasteiger partial charge in [0.15, 0.2) is 0 Å². The van der Waals surface area contributed by atoms with E-state index in [0.29, 0.717) is 13.2 Å². The number of hydrogen-bond acceptors (Lipinski definition) is 3. The Labute approximate surface area is 82.8 Å². The predicted molar refractivity (Wildman–Crippen MR) is 51.2 cm³/mol. The van der Waals surface area contributed by atoms with Gasteiger partial charge >= 0.3 is 6.09 Å². The van der Waals surface area contributed by atoms with Gasteiger partial charge in [0.05, 0.1) is 13.7 Å². The molecule has 1 radical (unpaired) electrons. The second kappa shape index (κ2) is 5.85. The second-order valence-corrected chi connectivity index (χ2v) is 2.50. The van der Waals surface area contributed by atoms with Crippen molar-refractivity contribution in [3.05, 3.63) is 30.3 Å². The largest absolute Gasteiger partial charge is 0.492 e. The highest BCUT2D eigenvalue weighted by Crippen LogP contribution is 2.06. The van der Waals surface area contributed by atoms with Gasteiger partial charge in [0.2, 0.25) is 0 Å². The van der Waals surface area contributed by atoms with Crippen molar-refractivity contribution in [2.45, 2.75) is 0 Å². The number of ether oxygens (including phenoxy) is 2. The molecule has 75 valence electrons. The van der Waals surface area contributed by atoms with Crippen LogP contribution in [-0.2, 0) is 4.74 Å². The highest BCUT2D eigenvalue weighted by molar-refractivity contribution is 5.66. The first kappa shape index (κ1) is 10.4. The monoisotopic (exact) mass is 194 g/mol. The summed E-state index contributed by atoms with van der Waals surface area (Å²) >= 11 is 0. The minimum Gasteiger partial charge on any atom is -0.492 e. The Morgan fingerprint density at radius 3 is 2.86 bits per heavy atom. The third-order valence-corrected chi connectivity index (χ3v) is 1.51. The normalized spacial score (nSPS) is 9.21. The number of methoxy groups -OCH3 is 1. The Balaban J connectivity index is 2.13. The van der Waals surface area contributed by atoms with E-state index in [4.69, 9.17) is 4.74 Å². The van der Waals surface area contributed by atoms with Crippen molar-refractivity contribution in [3.63, 3.8) is 0 Å². The lowest BCUT2D eigenvalue weighted by molar-refractivity contribution is 0.168. The number of alkyl carbamates (subject to hydrolysis) is 1. The molecule has 0 heterocycles. The van der Waals surface area contributed by atoms with Crippen molar-refractivity contribution in [1.29, 1.82) is 0 Å². The zero-order chi connectivity index (χ0) is 10.2. The van der Waals surface area contributed by atoms with Gasteiger partial charge in [-0.3, -0.25) is 0 Å². The molecule has 0 fully saturated rings. The van der Waals surface area contributed by atoms with Crippen LogP contribution in [0.15, 0.2) is 24.3 Å². The number of nitrogens with one attached hydrogen (secondary N) is 1. The minimum atomic E-state index is -0.449. The summed E-state index contributed by atoms with van der Waals surface area (Å²) in [6, 6.07) is 10.0. The summed E-state index contributed by atoms with van der Waals surface area (Å²) in [6.07, 6.45) is -0.449. The predicted octanol–water partition coefficient (Wildman–Crippen LogP) is 1.22. The Bertz CT molecular complexity index is 274. The van der Waals surface area contributed by atoms with Crippen LogP contribution in [0.2, 0.25) is 0 Å². The summed E-state index contributed by atoms with van der Waals surface area (Å²) in [4.78, 5) is 10.6. The van der Waals surface area contributed by atoms with E-state index in [1.54, 1.807) is 24.3 Å². The van der Waals surface area contributed by atoms with Crippen LogP contribution in [0.5, 0.6) is 5.75 Å². The van der Waals surface area contributed by atoms with Gasteiger partial charge in [-0.15, -0.1) is 0 Å². The lowest BCUT2D eigenvalue weighted by atomic mass is 10.3. The molecule has 14 heavy (non-hydrogen) atoms. The van der Waals surface area contributed by atoms with Crippen molar-refractivity contribution in [2.24, 2.45) is 0 Å². The Hall–Kier alpha value is -1.71. The summed E-state index contributed by atoms with van der Waals surface area (Å²) < 4.78 is 9.70. The van der Waals surface area contributed by atoms with E-state index in [1.165, 1.54) is 7.11 Å². The van der Waals surface area contributed by atoms with Crippen molar-refractivity contribution >= 4 is 6.09 Å². The van der Waals surface area contributed by atoms with Gasteiger partial charge in [-0.05, 0) is 18.2 Å². The molecule has 1 rings (SSSR count). The molecule has 0 aliphatic carbocycles. The van der Waals surface area contributed by atoms with Crippen LogP contribution in [0.4, 0.5) is 4.79 Å². The van der Waals surface area contributed by atoms with Gasteiger partial charge in [0, 0.05) is 0 Å². The number of benzene rings is 1. The maximum atomic E-state index is 10.6. The summed E-state index contributed by atoms with van der Waals surface area (Å²) in [5, 5.41) is 2.51. The first-order valence-electron chi connectivity index (χ1n) is 4.23. The van der Waals surface area contributed by atoms with Crippen molar-refractivity contribution in [2.75, 3.05) is 20.3 Å². The average molecular weight is 194 g/mol.